The fraction of sp³-hybridized carbons (Fsp3) is 0.500. The van der Waals surface area contributed by atoms with Gasteiger partial charge in [0.15, 0.2) is 0 Å². The summed E-state index contributed by atoms with van der Waals surface area (Å²) in [5, 5.41) is 2.82. The first-order valence-corrected chi connectivity index (χ1v) is 5.62. The van der Waals surface area contributed by atoms with Crippen molar-refractivity contribution < 1.29 is 4.79 Å². The van der Waals surface area contributed by atoms with E-state index in [4.69, 9.17) is 0 Å². The van der Waals surface area contributed by atoms with Crippen LogP contribution in [0, 0.1) is 0 Å². The van der Waals surface area contributed by atoms with Crippen LogP contribution < -0.4 is 5.32 Å². The van der Waals surface area contributed by atoms with E-state index in [1.807, 2.05) is 13.1 Å². The number of carbonyl (C=O) groups is 1. The molecule has 1 heterocycles. The molecule has 0 bridgehead atoms. The Kier molecular flexibility index (Phi) is 4.76. The number of amides is 2. The van der Waals surface area contributed by atoms with Crippen molar-refractivity contribution in [3.05, 3.63) is 24.5 Å². The molecule has 1 N–H and O–H groups in total. The molecule has 88 valence electrons. The smallest absolute Gasteiger partial charge is 0.321 e. The van der Waals surface area contributed by atoms with Crippen molar-refractivity contribution in [2.24, 2.45) is 0 Å². The van der Waals surface area contributed by atoms with Gasteiger partial charge in [0.2, 0.25) is 0 Å². The third-order valence-corrected chi connectivity index (χ3v) is 2.72. The molecule has 16 heavy (non-hydrogen) atoms. The lowest BCUT2D eigenvalue weighted by atomic mass is 10.1. The second-order valence-corrected chi connectivity index (χ2v) is 3.75. The van der Waals surface area contributed by atoms with E-state index in [2.05, 4.69) is 24.1 Å². The summed E-state index contributed by atoms with van der Waals surface area (Å²) >= 11 is 0. The quantitative estimate of drug-likeness (QED) is 0.849. The Bertz CT molecular complexity index is 322. The SMILES string of the molecule is CCC(CC)N(C)C(=O)Nc1cccnc1. The molecule has 0 saturated carbocycles. The summed E-state index contributed by atoms with van der Waals surface area (Å²) in [6, 6.07) is 3.83. The van der Waals surface area contributed by atoms with Crippen molar-refractivity contribution >= 4 is 11.7 Å². The Labute approximate surface area is 96.7 Å². The lowest BCUT2D eigenvalue weighted by Crippen LogP contribution is -2.39. The maximum Gasteiger partial charge on any atom is 0.321 e. The molecule has 0 radical (unpaired) electrons. The first-order valence-electron chi connectivity index (χ1n) is 5.62. The molecule has 1 aromatic heterocycles. The molecular weight excluding hydrogens is 202 g/mol. The Morgan fingerprint density at radius 3 is 2.69 bits per heavy atom. The van der Waals surface area contributed by atoms with Crippen molar-refractivity contribution in [1.29, 1.82) is 0 Å². The first kappa shape index (κ1) is 12.5. The number of carbonyl (C=O) groups excluding carboxylic acids is 1. The molecule has 1 rings (SSSR count). The van der Waals surface area contributed by atoms with Gasteiger partial charge in [-0.05, 0) is 25.0 Å². The van der Waals surface area contributed by atoms with Gasteiger partial charge in [-0.3, -0.25) is 4.98 Å². The van der Waals surface area contributed by atoms with E-state index in [-0.39, 0.29) is 12.1 Å². The highest BCUT2D eigenvalue weighted by atomic mass is 16.2. The molecule has 0 aliphatic heterocycles. The maximum atomic E-state index is 11.9. The van der Waals surface area contributed by atoms with E-state index in [0.717, 1.165) is 18.5 Å². The average Bonchev–Trinajstić information content (AvgIpc) is 2.31. The highest BCUT2D eigenvalue weighted by Gasteiger charge is 2.16. The van der Waals surface area contributed by atoms with E-state index < -0.39 is 0 Å². The number of nitrogens with one attached hydrogen (secondary N) is 1. The largest absolute Gasteiger partial charge is 0.325 e. The zero-order valence-corrected chi connectivity index (χ0v) is 10.1. The molecule has 0 saturated heterocycles. The second-order valence-electron chi connectivity index (χ2n) is 3.75. The zero-order chi connectivity index (χ0) is 12.0. The van der Waals surface area contributed by atoms with Crippen molar-refractivity contribution in [3.63, 3.8) is 0 Å². The minimum Gasteiger partial charge on any atom is -0.325 e. The van der Waals surface area contributed by atoms with Crippen LogP contribution >= 0.6 is 0 Å². The van der Waals surface area contributed by atoms with Gasteiger partial charge in [0, 0.05) is 19.3 Å². The summed E-state index contributed by atoms with van der Waals surface area (Å²) < 4.78 is 0. The zero-order valence-electron chi connectivity index (χ0n) is 10.1. The number of anilines is 1. The monoisotopic (exact) mass is 221 g/mol. The minimum absolute atomic E-state index is 0.0818. The normalized spacial score (nSPS) is 10.2. The van der Waals surface area contributed by atoms with Crippen LogP contribution in [0.25, 0.3) is 0 Å². The van der Waals surface area contributed by atoms with Gasteiger partial charge < -0.3 is 10.2 Å². The fourth-order valence-electron chi connectivity index (χ4n) is 1.65. The number of aromatic nitrogens is 1. The predicted molar refractivity (Wildman–Crippen MR) is 65.4 cm³/mol. The lowest BCUT2D eigenvalue weighted by molar-refractivity contribution is 0.200. The highest BCUT2D eigenvalue weighted by Crippen LogP contribution is 2.09. The van der Waals surface area contributed by atoms with E-state index in [9.17, 15) is 4.79 Å². The van der Waals surface area contributed by atoms with Crippen LogP contribution in [0.4, 0.5) is 10.5 Å². The van der Waals surface area contributed by atoms with Crippen LogP contribution in [0.15, 0.2) is 24.5 Å². The molecular formula is C12H19N3O. The average molecular weight is 221 g/mol. The van der Waals surface area contributed by atoms with E-state index in [0.29, 0.717) is 0 Å². The maximum absolute atomic E-state index is 11.9. The van der Waals surface area contributed by atoms with Crippen LogP contribution in [0.1, 0.15) is 26.7 Å². The summed E-state index contributed by atoms with van der Waals surface area (Å²) in [6.07, 6.45) is 5.25. The number of hydrogen-bond acceptors (Lipinski definition) is 2. The van der Waals surface area contributed by atoms with Gasteiger partial charge in [0.25, 0.3) is 0 Å². The van der Waals surface area contributed by atoms with Gasteiger partial charge in [0.1, 0.15) is 0 Å². The van der Waals surface area contributed by atoms with Crippen LogP contribution in [-0.2, 0) is 0 Å². The molecule has 0 fully saturated rings. The number of hydrogen-bond donors (Lipinski definition) is 1. The van der Waals surface area contributed by atoms with Crippen molar-refractivity contribution in [3.8, 4) is 0 Å². The summed E-state index contributed by atoms with van der Waals surface area (Å²) in [6.45, 7) is 4.17. The van der Waals surface area contributed by atoms with Gasteiger partial charge in [0.05, 0.1) is 11.9 Å². The van der Waals surface area contributed by atoms with Crippen molar-refractivity contribution in [1.82, 2.24) is 9.88 Å². The molecule has 2 amide bonds. The van der Waals surface area contributed by atoms with Crippen LogP contribution in [0.5, 0.6) is 0 Å². The number of urea groups is 1. The van der Waals surface area contributed by atoms with Crippen molar-refractivity contribution in [2.45, 2.75) is 32.7 Å². The van der Waals surface area contributed by atoms with Gasteiger partial charge in [-0.2, -0.15) is 0 Å². The number of nitrogens with zero attached hydrogens (tertiary/aromatic N) is 2. The van der Waals surface area contributed by atoms with Crippen LogP contribution in [0.2, 0.25) is 0 Å². The van der Waals surface area contributed by atoms with Crippen molar-refractivity contribution in [2.75, 3.05) is 12.4 Å². The molecule has 0 unspecified atom stereocenters. The molecule has 0 aliphatic carbocycles. The Balaban J connectivity index is 2.58. The second kappa shape index (κ2) is 6.10. The van der Waals surface area contributed by atoms with Gasteiger partial charge in [-0.1, -0.05) is 13.8 Å². The number of rotatable bonds is 4. The van der Waals surface area contributed by atoms with Gasteiger partial charge >= 0.3 is 6.03 Å². The lowest BCUT2D eigenvalue weighted by Gasteiger charge is -2.26. The van der Waals surface area contributed by atoms with E-state index in [1.165, 1.54) is 0 Å². The Morgan fingerprint density at radius 2 is 2.19 bits per heavy atom. The van der Waals surface area contributed by atoms with E-state index in [1.54, 1.807) is 23.4 Å². The standard InChI is InChI=1S/C12H19N3O/c1-4-11(5-2)15(3)12(16)14-10-7-6-8-13-9-10/h6-9,11H,4-5H2,1-3H3,(H,14,16). The molecule has 1 aromatic rings. The predicted octanol–water partition coefficient (Wildman–Crippen LogP) is 2.73. The third-order valence-electron chi connectivity index (χ3n) is 2.72. The third kappa shape index (κ3) is 3.22. The Morgan fingerprint density at radius 1 is 1.50 bits per heavy atom. The van der Waals surface area contributed by atoms with Crippen LogP contribution in [0.3, 0.4) is 0 Å². The molecule has 0 aromatic carbocycles. The fourth-order valence-corrected chi connectivity index (χ4v) is 1.65. The molecule has 4 heteroatoms. The summed E-state index contributed by atoms with van der Waals surface area (Å²) in [7, 11) is 1.82. The van der Waals surface area contributed by atoms with Gasteiger partial charge in [-0.15, -0.1) is 0 Å². The minimum atomic E-state index is -0.0818. The summed E-state index contributed by atoms with van der Waals surface area (Å²) in [5.74, 6) is 0. The molecule has 0 spiro atoms. The highest BCUT2D eigenvalue weighted by molar-refractivity contribution is 5.89. The summed E-state index contributed by atoms with van der Waals surface area (Å²) in [4.78, 5) is 17.6. The number of pyridine rings is 1. The molecule has 4 nitrogen and oxygen atoms in total. The van der Waals surface area contributed by atoms with E-state index >= 15 is 0 Å². The first-order chi connectivity index (χ1) is 7.69. The Hall–Kier alpha value is -1.58. The molecule has 0 atom stereocenters. The topological polar surface area (TPSA) is 45.2 Å². The summed E-state index contributed by atoms with van der Waals surface area (Å²) in [5.41, 5.74) is 0.727. The van der Waals surface area contributed by atoms with Gasteiger partial charge in [-0.25, -0.2) is 4.79 Å². The van der Waals surface area contributed by atoms with Crippen LogP contribution in [-0.4, -0.2) is 29.0 Å². The molecule has 0 aliphatic rings.